The molecule has 0 radical (unpaired) electrons. The Balaban J connectivity index is 1.64. The second kappa shape index (κ2) is 6.33. The number of nitrogens with zero attached hydrogens (tertiary/aromatic N) is 1. The molecule has 6 nitrogen and oxygen atoms in total. The molecule has 0 amide bonds. The van der Waals surface area contributed by atoms with E-state index in [0.29, 0.717) is 17.4 Å². The van der Waals surface area contributed by atoms with Crippen molar-refractivity contribution < 1.29 is 17.9 Å². The van der Waals surface area contributed by atoms with E-state index in [1.807, 2.05) is 30.3 Å². The molecule has 1 aliphatic rings. The van der Waals surface area contributed by atoms with Crippen LogP contribution >= 0.6 is 11.5 Å². The number of benzene rings is 1. The lowest BCUT2D eigenvalue weighted by molar-refractivity contribution is -0.0816. The van der Waals surface area contributed by atoms with Gasteiger partial charge in [-0.25, -0.2) is 13.1 Å². The van der Waals surface area contributed by atoms with Gasteiger partial charge in [0.25, 0.3) is 0 Å². The van der Waals surface area contributed by atoms with Crippen molar-refractivity contribution in [3.63, 3.8) is 0 Å². The van der Waals surface area contributed by atoms with Gasteiger partial charge in [-0.05, 0) is 17.1 Å². The van der Waals surface area contributed by atoms with Crippen LogP contribution in [-0.4, -0.2) is 32.5 Å². The number of rotatable bonds is 6. The van der Waals surface area contributed by atoms with Crippen molar-refractivity contribution in [2.75, 3.05) is 13.7 Å². The maximum absolute atomic E-state index is 12.2. The Hall–Kier alpha value is -1.48. The van der Waals surface area contributed by atoms with Crippen LogP contribution in [0.4, 0.5) is 0 Å². The van der Waals surface area contributed by atoms with Crippen molar-refractivity contribution in [2.24, 2.45) is 0 Å². The lowest BCUT2D eigenvalue weighted by atomic mass is 9.99. The van der Waals surface area contributed by atoms with E-state index in [4.69, 9.17) is 9.47 Å². The first-order valence-electron chi connectivity index (χ1n) is 6.73. The number of hydrogen-bond donors (Lipinski definition) is 1. The number of hydrogen-bond acceptors (Lipinski definition) is 6. The lowest BCUT2D eigenvalue weighted by Gasteiger charge is -2.37. The molecule has 22 heavy (non-hydrogen) atoms. The van der Waals surface area contributed by atoms with Crippen LogP contribution in [0.15, 0.2) is 36.4 Å². The van der Waals surface area contributed by atoms with Crippen molar-refractivity contribution in [3.8, 4) is 5.88 Å². The molecule has 0 saturated carbocycles. The SMILES string of the molecule is COc1cc(CS(=O)(=O)N[C@@H]2CO[C@H]2c2ccccc2)sn1. The topological polar surface area (TPSA) is 77.5 Å². The summed E-state index contributed by atoms with van der Waals surface area (Å²) >= 11 is 1.13. The highest BCUT2D eigenvalue weighted by Gasteiger charge is 2.36. The standard InChI is InChI=1S/C14H16N2O4S2/c1-19-13-7-11(21-15-13)9-22(17,18)16-12-8-20-14(12)10-5-3-2-4-6-10/h2-7,12,14,16H,8-9H2,1H3/t12-,14+/m1/s1. The maximum atomic E-state index is 12.2. The number of ether oxygens (including phenoxy) is 2. The molecule has 8 heteroatoms. The van der Waals surface area contributed by atoms with E-state index in [1.165, 1.54) is 7.11 Å². The van der Waals surface area contributed by atoms with Gasteiger partial charge in [-0.2, -0.15) is 4.37 Å². The van der Waals surface area contributed by atoms with Gasteiger partial charge in [0.2, 0.25) is 15.9 Å². The summed E-state index contributed by atoms with van der Waals surface area (Å²) in [5, 5.41) is 0. The first kappa shape index (κ1) is 15.4. The van der Waals surface area contributed by atoms with Crippen LogP contribution in [0.5, 0.6) is 5.88 Å². The Morgan fingerprint density at radius 1 is 1.41 bits per heavy atom. The highest BCUT2D eigenvalue weighted by Crippen LogP contribution is 2.30. The molecule has 0 bridgehead atoms. The molecule has 1 aromatic heterocycles. The highest BCUT2D eigenvalue weighted by molar-refractivity contribution is 7.88. The predicted octanol–water partition coefficient (Wildman–Crippen LogP) is 1.71. The molecule has 2 aromatic rings. The zero-order valence-electron chi connectivity index (χ0n) is 11.9. The third-order valence-corrected chi connectivity index (χ3v) is 5.66. The van der Waals surface area contributed by atoms with E-state index in [2.05, 4.69) is 9.10 Å². The van der Waals surface area contributed by atoms with E-state index in [-0.39, 0.29) is 17.9 Å². The quantitative estimate of drug-likeness (QED) is 0.866. The van der Waals surface area contributed by atoms with E-state index in [1.54, 1.807) is 6.07 Å². The van der Waals surface area contributed by atoms with E-state index in [0.717, 1.165) is 17.1 Å². The van der Waals surface area contributed by atoms with Crippen LogP contribution < -0.4 is 9.46 Å². The minimum absolute atomic E-state index is 0.105. The van der Waals surface area contributed by atoms with Crippen LogP contribution in [0, 0.1) is 0 Å². The van der Waals surface area contributed by atoms with Crippen molar-refractivity contribution in [1.29, 1.82) is 0 Å². The van der Waals surface area contributed by atoms with Gasteiger partial charge in [0, 0.05) is 10.9 Å². The molecule has 2 atom stereocenters. The Morgan fingerprint density at radius 3 is 2.77 bits per heavy atom. The molecular weight excluding hydrogens is 324 g/mol. The number of methoxy groups -OCH3 is 1. The minimum Gasteiger partial charge on any atom is -0.480 e. The van der Waals surface area contributed by atoms with Gasteiger partial charge in [-0.3, -0.25) is 0 Å². The van der Waals surface area contributed by atoms with Gasteiger partial charge in [-0.15, -0.1) is 0 Å². The maximum Gasteiger partial charge on any atom is 0.225 e. The largest absolute Gasteiger partial charge is 0.480 e. The molecule has 3 rings (SSSR count). The fourth-order valence-electron chi connectivity index (χ4n) is 2.27. The van der Waals surface area contributed by atoms with Gasteiger partial charge < -0.3 is 9.47 Å². The zero-order valence-corrected chi connectivity index (χ0v) is 13.6. The summed E-state index contributed by atoms with van der Waals surface area (Å²) in [6, 6.07) is 11.0. The van der Waals surface area contributed by atoms with Crippen molar-refractivity contribution in [3.05, 3.63) is 46.8 Å². The summed E-state index contributed by atoms with van der Waals surface area (Å²) in [6.45, 7) is 0.380. The summed E-state index contributed by atoms with van der Waals surface area (Å²) in [7, 11) is -1.94. The zero-order chi connectivity index (χ0) is 15.6. The first-order chi connectivity index (χ1) is 10.6. The highest BCUT2D eigenvalue weighted by atomic mass is 32.2. The molecular formula is C14H16N2O4S2. The molecule has 0 unspecified atom stereocenters. The second-order valence-electron chi connectivity index (χ2n) is 4.98. The number of aromatic nitrogens is 1. The van der Waals surface area contributed by atoms with Gasteiger partial charge in [0.05, 0.1) is 19.8 Å². The van der Waals surface area contributed by atoms with Crippen molar-refractivity contribution >= 4 is 21.6 Å². The Bertz CT molecular complexity index is 730. The van der Waals surface area contributed by atoms with Gasteiger partial charge in [0.1, 0.15) is 11.9 Å². The number of nitrogens with one attached hydrogen (secondary N) is 1. The third-order valence-electron chi connectivity index (χ3n) is 3.36. The molecule has 0 spiro atoms. The van der Waals surface area contributed by atoms with Crippen LogP contribution in [0.3, 0.4) is 0 Å². The normalized spacial score (nSPS) is 21.3. The molecule has 2 heterocycles. The fraction of sp³-hybridized carbons (Fsp3) is 0.357. The molecule has 118 valence electrons. The molecule has 1 aliphatic heterocycles. The molecule has 1 N–H and O–H groups in total. The van der Waals surface area contributed by atoms with Crippen LogP contribution in [0.2, 0.25) is 0 Å². The summed E-state index contributed by atoms with van der Waals surface area (Å²) < 4.78 is 41.6. The van der Waals surface area contributed by atoms with Crippen molar-refractivity contribution in [2.45, 2.75) is 17.9 Å². The average Bonchev–Trinajstić information content (AvgIpc) is 2.92. The van der Waals surface area contributed by atoms with Crippen LogP contribution in [0.25, 0.3) is 0 Å². The van der Waals surface area contributed by atoms with E-state index >= 15 is 0 Å². The van der Waals surface area contributed by atoms with E-state index in [9.17, 15) is 8.42 Å². The Kier molecular flexibility index (Phi) is 4.44. The molecule has 1 saturated heterocycles. The van der Waals surface area contributed by atoms with Crippen LogP contribution in [-0.2, 0) is 20.5 Å². The molecule has 1 fully saturated rings. The summed E-state index contributed by atoms with van der Waals surface area (Å²) in [4.78, 5) is 0.640. The minimum atomic E-state index is -3.45. The van der Waals surface area contributed by atoms with Gasteiger partial charge in [0.15, 0.2) is 0 Å². The van der Waals surface area contributed by atoms with Gasteiger partial charge in [-0.1, -0.05) is 30.3 Å². The monoisotopic (exact) mass is 340 g/mol. The average molecular weight is 340 g/mol. The smallest absolute Gasteiger partial charge is 0.225 e. The second-order valence-corrected chi connectivity index (χ2v) is 7.63. The molecule has 1 aromatic carbocycles. The third kappa shape index (κ3) is 3.46. The fourth-order valence-corrected chi connectivity index (χ4v) is 4.63. The molecule has 0 aliphatic carbocycles. The summed E-state index contributed by atoms with van der Waals surface area (Å²) in [6.07, 6.45) is -0.230. The first-order valence-corrected chi connectivity index (χ1v) is 9.16. The van der Waals surface area contributed by atoms with E-state index < -0.39 is 10.0 Å². The number of sulfonamides is 1. The van der Waals surface area contributed by atoms with Gasteiger partial charge >= 0.3 is 0 Å². The van der Waals surface area contributed by atoms with Crippen molar-refractivity contribution in [1.82, 2.24) is 9.10 Å². The van der Waals surface area contributed by atoms with Crippen LogP contribution in [0.1, 0.15) is 16.5 Å². The lowest BCUT2D eigenvalue weighted by Crippen LogP contribution is -2.50. The summed E-state index contributed by atoms with van der Waals surface area (Å²) in [5.41, 5.74) is 0.973. The Morgan fingerprint density at radius 2 is 2.18 bits per heavy atom. The Labute approximate surface area is 133 Å². The predicted molar refractivity (Wildman–Crippen MR) is 83.3 cm³/mol. The summed E-state index contributed by atoms with van der Waals surface area (Å²) in [5.74, 6) is 0.329.